The summed E-state index contributed by atoms with van der Waals surface area (Å²) in [5.74, 6) is -0.545. The standard InChI is InChI=1S/C17H18BrF2N/c1-17(2,12-4-7-14(19)8-5-12)16(21)9-11-3-6-13(18)10-15(11)20/h3-8,10,16H,9,21H2,1-2H3. The van der Waals surface area contributed by atoms with Crippen LogP contribution >= 0.6 is 15.9 Å². The van der Waals surface area contributed by atoms with Gasteiger partial charge in [0.15, 0.2) is 0 Å². The predicted molar refractivity (Wildman–Crippen MR) is 85.2 cm³/mol. The molecule has 0 aliphatic heterocycles. The third kappa shape index (κ3) is 3.69. The van der Waals surface area contributed by atoms with Crippen LogP contribution in [0.1, 0.15) is 25.0 Å². The first kappa shape index (κ1) is 16.1. The summed E-state index contributed by atoms with van der Waals surface area (Å²) >= 11 is 3.24. The Kier molecular flexibility index (Phi) is 4.79. The Hall–Kier alpha value is -1.26. The van der Waals surface area contributed by atoms with Crippen molar-refractivity contribution >= 4 is 15.9 Å². The van der Waals surface area contributed by atoms with Gasteiger partial charge in [-0.15, -0.1) is 0 Å². The van der Waals surface area contributed by atoms with Crippen LogP contribution in [0.2, 0.25) is 0 Å². The molecule has 1 nitrogen and oxygen atoms in total. The van der Waals surface area contributed by atoms with Crippen molar-refractivity contribution in [1.29, 1.82) is 0 Å². The third-order valence-electron chi connectivity index (χ3n) is 3.97. The second-order valence-corrected chi connectivity index (χ2v) is 6.69. The fourth-order valence-corrected chi connectivity index (χ4v) is 2.61. The van der Waals surface area contributed by atoms with E-state index < -0.39 is 0 Å². The van der Waals surface area contributed by atoms with Crippen molar-refractivity contribution in [2.45, 2.75) is 31.7 Å². The molecule has 4 heteroatoms. The number of halogens is 3. The molecule has 0 amide bonds. The third-order valence-corrected chi connectivity index (χ3v) is 4.46. The minimum Gasteiger partial charge on any atom is -0.327 e. The van der Waals surface area contributed by atoms with Crippen LogP contribution in [-0.4, -0.2) is 6.04 Å². The number of hydrogen-bond acceptors (Lipinski definition) is 1. The van der Waals surface area contributed by atoms with Gasteiger partial charge in [-0.05, 0) is 41.8 Å². The highest BCUT2D eigenvalue weighted by Crippen LogP contribution is 2.29. The van der Waals surface area contributed by atoms with E-state index in [0.717, 1.165) is 5.56 Å². The summed E-state index contributed by atoms with van der Waals surface area (Å²) < 4.78 is 27.7. The van der Waals surface area contributed by atoms with Crippen LogP contribution in [0.5, 0.6) is 0 Å². The monoisotopic (exact) mass is 353 g/mol. The molecule has 2 aromatic carbocycles. The van der Waals surface area contributed by atoms with Crippen molar-refractivity contribution in [3.63, 3.8) is 0 Å². The Morgan fingerprint density at radius 1 is 1.10 bits per heavy atom. The van der Waals surface area contributed by atoms with Crippen LogP contribution in [0.15, 0.2) is 46.9 Å². The van der Waals surface area contributed by atoms with E-state index in [1.54, 1.807) is 24.3 Å². The molecule has 2 aromatic rings. The van der Waals surface area contributed by atoms with Crippen LogP contribution in [-0.2, 0) is 11.8 Å². The van der Waals surface area contributed by atoms with E-state index in [1.165, 1.54) is 18.2 Å². The fourth-order valence-electron chi connectivity index (χ4n) is 2.27. The maximum Gasteiger partial charge on any atom is 0.127 e. The topological polar surface area (TPSA) is 26.0 Å². The van der Waals surface area contributed by atoms with Crippen LogP contribution in [0.3, 0.4) is 0 Å². The van der Waals surface area contributed by atoms with Crippen LogP contribution in [0, 0.1) is 11.6 Å². The lowest BCUT2D eigenvalue weighted by atomic mass is 9.76. The minimum absolute atomic E-state index is 0.269. The van der Waals surface area contributed by atoms with Crippen molar-refractivity contribution in [2.24, 2.45) is 5.73 Å². The quantitative estimate of drug-likeness (QED) is 0.855. The van der Waals surface area contributed by atoms with Gasteiger partial charge in [0.2, 0.25) is 0 Å². The molecule has 0 aliphatic rings. The Labute approximate surface area is 132 Å². The lowest BCUT2D eigenvalue weighted by molar-refractivity contribution is 0.401. The smallest absolute Gasteiger partial charge is 0.127 e. The van der Waals surface area contributed by atoms with Gasteiger partial charge in [0, 0.05) is 15.9 Å². The van der Waals surface area contributed by atoms with Gasteiger partial charge in [0.1, 0.15) is 11.6 Å². The molecular formula is C17H18BrF2N. The zero-order chi connectivity index (χ0) is 15.6. The van der Waals surface area contributed by atoms with Gasteiger partial charge in [0.25, 0.3) is 0 Å². The van der Waals surface area contributed by atoms with Gasteiger partial charge < -0.3 is 5.73 Å². The normalized spacial score (nSPS) is 13.2. The Morgan fingerprint density at radius 2 is 1.71 bits per heavy atom. The van der Waals surface area contributed by atoms with E-state index >= 15 is 0 Å². The van der Waals surface area contributed by atoms with Crippen molar-refractivity contribution in [1.82, 2.24) is 0 Å². The highest BCUT2D eigenvalue weighted by Gasteiger charge is 2.29. The zero-order valence-corrected chi connectivity index (χ0v) is 13.6. The first-order chi connectivity index (χ1) is 9.80. The summed E-state index contributed by atoms with van der Waals surface area (Å²) in [4.78, 5) is 0. The zero-order valence-electron chi connectivity index (χ0n) is 12.0. The Morgan fingerprint density at radius 3 is 2.29 bits per heavy atom. The molecule has 21 heavy (non-hydrogen) atoms. The molecule has 0 aromatic heterocycles. The van der Waals surface area contributed by atoms with Gasteiger partial charge >= 0.3 is 0 Å². The molecule has 0 aliphatic carbocycles. The number of rotatable bonds is 4. The molecule has 0 heterocycles. The van der Waals surface area contributed by atoms with Crippen molar-refractivity contribution in [2.75, 3.05) is 0 Å². The SMILES string of the molecule is CC(C)(c1ccc(F)cc1)C(N)Cc1ccc(Br)cc1F. The van der Waals surface area contributed by atoms with E-state index in [0.29, 0.717) is 16.5 Å². The molecule has 0 spiro atoms. The lowest BCUT2D eigenvalue weighted by Gasteiger charge is -2.32. The van der Waals surface area contributed by atoms with E-state index in [1.807, 2.05) is 13.8 Å². The highest BCUT2D eigenvalue weighted by atomic mass is 79.9. The molecule has 2 rings (SSSR count). The fraction of sp³-hybridized carbons (Fsp3) is 0.294. The average Bonchev–Trinajstić information content (AvgIpc) is 2.42. The van der Waals surface area contributed by atoms with Gasteiger partial charge in [-0.3, -0.25) is 0 Å². The van der Waals surface area contributed by atoms with Crippen molar-refractivity contribution in [3.8, 4) is 0 Å². The molecule has 0 radical (unpaired) electrons. The number of hydrogen-bond donors (Lipinski definition) is 1. The largest absolute Gasteiger partial charge is 0.327 e. The molecule has 0 saturated carbocycles. The van der Waals surface area contributed by atoms with E-state index in [2.05, 4.69) is 15.9 Å². The summed E-state index contributed by atoms with van der Waals surface area (Å²) in [5.41, 5.74) is 7.43. The molecule has 1 unspecified atom stereocenters. The summed E-state index contributed by atoms with van der Waals surface area (Å²) in [6, 6.07) is 11.0. The number of nitrogens with two attached hydrogens (primary N) is 1. The Balaban J connectivity index is 2.21. The molecular weight excluding hydrogens is 336 g/mol. The van der Waals surface area contributed by atoms with Gasteiger partial charge in [0.05, 0.1) is 0 Å². The van der Waals surface area contributed by atoms with Gasteiger partial charge in [-0.1, -0.05) is 48.0 Å². The second-order valence-electron chi connectivity index (χ2n) is 5.77. The first-order valence-corrected chi connectivity index (χ1v) is 7.55. The first-order valence-electron chi connectivity index (χ1n) is 6.76. The van der Waals surface area contributed by atoms with E-state index in [4.69, 9.17) is 5.73 Å². The number of benzene rings is 2. The van der Waals surface area contributed by atoms with Crippen molar-refractivity contribution < 1.29 is 8.78 Å². The summed E-state index contributed by atoms with van der Waals surface area (Å²) in [6.45, 7) is 3.98. The molecule has 1 atom stereocenters. The van der Waals surface area contributed by atoms with E-state index in [9.17, 15) is 8.78 Å². The van der Waals surface area contributed by atoms with Gasteiger partial charge in [-0.25, -0.2) is 8.78 Å². The predicted octanol–water partition coefficient (Wildman–Crippen LogP) is 4.57. The van der Waals surface area contributed by atoms with Crippen LogP contribution in [0.4, 0.5) is 8.78 Å². The molecule has 0 fully saturated rings. The van der Waals surface area contributed by atoms with Crippen LogP contribution in [0.25, 0.3) is 0 Å². The minimum atomic E-state index is -0.382. The maximum atomic E-state index is 13.9. The van der Waals surface area contributed by atoms with Crippen molar-refractivity contribution in [3.05, 3.63) is 69.7 Å². The van der Waals surface area contributed by atoms with Crippen LogP contribution < -0.4 is 5.73 Å². The Bertz CT molecular complexity index is 623. The lowest BCUT2D eigenvalue weighted by Crippen LogP contribution is -2.42. The van der Waals surface area contributed by atoms with E-state index in [-0.39, 0.29) is 23.1 Å². The van der Waals surface area contributed by atoms with Gasteiger partial charge in [-0.2, -0.15) is 0 Å². The highest BCUT2D eigenvalue weighted by molar-refractivity contribution is 9.10. The molecule has 0 bridgehead atoms. The molecule has 0 saturated heterocycles. The summed E-state index contributed by atoms with van der Waals surface area (Å²) in [7, 11) is 0. The summed E-state index contributed by atoms with van der Waals surface area (Å²) in [6.07, 6.45) is 0.420. The molecule has 112 valence electrons. The molecule has 2 N–H and O–H groups in total. The second kappa shape index (κ2) is 6.24. The maximum absolute atomic E-state index is 13.9. The average molecular weight is 354 g/mol. The summed E-state index contributed by atoms with van der Waals surface area (Å²) in [5, 5.41) is 0.